The number of hydrogen-bond acceptors (Lipinski definition) is 4. The van der Waals surface area contributed by atoms with Gasteiger partial charge in [-0.15, -0.1) is 0 Å². The smallest absolute Gasteiger partial charge is 0.267 e. The van der Waals surface area contributed by atoms with Gasteiger partial charge in [0, 0.05) is 11.6 Å². The van der Waals surface area contributed by atoms with Gasteiger partial charge in [0.1, 0.15) is 6.54 Å². The molecular weight excluding hydrogens is 318 g/mol. The molecule has 0 aliphatic heterocycles. The zero-order valence-electron chi connectivity index (χ0n) is 14.9. The lowest BCUT2D eigenvalue weighted by molar-refractivity contribution is -0.123. The molecule has 0 radical (unpaired) electrons. The van der Waals surface area contributed by atoms with Crippen molar-refractivity contribution in [3.63, 3.8) is 0 Å². The Hall–Kier alpha value is -2.47. The highest BCUT2D eigenvalue weighted by molar-refractivity contribution is 5.76. The predicted molar refractivity (Wildman–Crippen MR) is 97.0 cm³/mol. The number of aliphatic hydroxyl groups is 1. The standard InChI is InChI=1S/C19H25N3O3/c1-19(2,3)11-15(13-23)20-17(24)12-22-18(25)10-9-16(21-22)14-7-5-4-6-8-14/h4-10,15,23H,11-13H2,1-3H3,(H,20,24). The summed E-state index contributed by atoms with van der Waals surface area (Å²) in [5.74, 6) is -0.344. The second-order valence-corrected chi connectivity index (χ2v) is 7.29. The fraction of sp³-hybridized carbons (Fsp3) is 0.421. The summed E-state index contributed by atoms with van der Waals surface area (Å²) in [6.07, 6.45) is 0.640. The van der Waals surface area contributed by atoms with Crippen molar-refractivity contribution in [1.82, 2.24) is 15.1 Å². The molecule has 1 amide bonds. The highest BCUT2D eigenvalue weighted by Crippen LogP contribution is 2.20. The molecule has 1 aromatic heterocycles. The maximum atomic E-state index is 12.2. The first-order valence-electron chi connectivity index (χ1n) is 8.32. The highest BCUT2D eigenvalue weighted by atomic mass is 16.3. The van der Waals surface area contributed by atoms with Crippen LogP contribution >= 0.6 is 0 Å². The van der Waals surface area contributed by atoms with E-state index >= 15 is 0 Å². The van der Waals surface area contributed by atoms with E-state index in [0.29, 0.717) is 12.1 Å². The number of carbonyl (C=O) groups is 1. The summed E-state index contributed by atoms with van der Waals surface area (Å²) in [6.45, 7) is 5.79. The quantitative estimate of drug-likeness (QED) is 0.838. The molecule has 1 aromatic carbocycles. The van der Waals surface area contributed by atoms with Gasteiger partial charge in [-0.1, -0.05) is 51.1 Å². The first kappa shape index (κ1) is 18.9. The van der Waals surface area contributed by atoms with Gasteiger partial charge in [0.05, 0.1) is 18.3 Å². The number of carbonyl (C=O) groups excluding carboxylic acids is 1. The van der Waals surface area contributed by atoms with Gasteiger partial charge in [0.15, 0.2) is 0 Å². The third-order valence-electron chi connectivity index (χ3n) is 3.67. The molecule has 0 spiro atoms. The van der Waals surface area contributed by atoms with E-state index < -0.39 is 0 Å². The molecule has 0 aliphatic carbocycles. The lowest BCUT2D eigenvalue weighted by Gasteiger charge is -2.25. The molecule has 25 heavy (non-hydrogen) atoms. The molecule has 134 valence electrons. The van der Waals surface area contributed by atoms with Gasteiger partial charge in [-0.25, -0.2) is 4.68 Å². The summed E-state index contributed by atoms with van der Waals surface area (Å²) in [5, 5.41) is 16.5. The highest BCUT2D eigenvalue weighted by Gasteiger charge is 2.20. The number of aromatic nitrogens is 2. The maximum absolute atomic E-state index is 12.2. The van der Waals surface area contributed by atoms with Gasteiger partial charge >= 0.3 is 0 Å². The van der Waals surface area contributed by atoms with Crippen LogP contribution in [0.15, 0.2) is 47.3 Å². The summed E-state index contributed by atoms with van der Waals surface area (Å²) in [4.78, 5) is 24.2. The van der Waals surface area contributed by atoms with Crippen LogP contribution in [0.1, 0.15) is 27.2 Å². The minimum absolute atomic E-state index is 0.0248. The SMILES string of the molecule is CC(C)(C)CC(CO)NC(=O)Cn1nc(-c2ccccc2)ccc1=O. The zero-order chi connectivity index (χ0) is 18.4. The summed E-state index contributed by atoms with van der Waals surface area (Å²) in [7, 11) is 0. The van der Waals surface area contributed by atoms with Crippen LogP contribution in [0.25, 0.3) is 11.3 Å². The molecule has 0 bridgehead atoms. The van der Waals surface area contributed by atoms with Gasteiger partial charge in [-0.2, -0.15) is 5.10 Å². The third kappa shape index (κ3) is 5.83. The number of nitrogens with one attached hydrogen (secondary N) is 1. The third-order valence-corrected chi connectivity index (χ3v) is 3.67. The van der Waals surface area contributed by atoms with Crippen LogP contribution < -0.4 is 10.9 Å². The van der Waals surface area contributed by atoms with Crippen LogP contribution in [0.5, 0.6) is 0 Å². The van der Waals surface area contributed by atoms with Crippen molar-refractivity contribution >= 4 is 5.91 Å². The monoisotopic (exact) mass is 343 g/mol. The Balaban J connectivity index is 2.11. The second kappa shape index (κ2) is 8.07. The van der Waals surface area contributed by atoms with Crippen molar-refractivity contribution in [3.05, 3.63) is 52.8 Å². The number of nitrogens with zero attached hydrogens (tertiary/aromatic N) is 2. The number of hydrogen-bond donors (Lipinski definition) is 2. The fourth-order valence-corrected chi connectivity index (χ4v) is 2.63. The van der Waals surface area contributed by atoms with Gasteiger partial charge in [0.2, 0.25) is 5.91 Å². The van der Waals surface area contributed by atoms with Crippen LogP contribution in [0.2, 0.25) is 0 Å². The molecule has 6 nitrogen and oxygen atoms in total. The van der Waals surface area contributed by atoms with E-state index in [1.54, 1.807) is 6.07 Å². The van der Waals surface area contributed by atoms with E-state index in [0.717, 1.165) is 10.2 Å². The van der Waals surface area contributed by atoms with Crippen molar-refractivity contribution in [2.24, 2.45) is 5.41 Å². The summed E-state index contributed by atoms with van der Waals surface area (Å²) < 4.78 is 1.14. The first-order chi connectivity index (χ1) is 11.8. The van der Waals surface area contributed by atoms with E-state index in [4.69, 9.17) is 0 Å². The number of amides is 1. The minimum Gasteiger partial charge on any atom is -0.394 e. The van der Waals surface area contributed by atoms with Crippen molar-refractivity contribution < 1.29 is 9.90 Å². The fourth-order valence-electron chi connectivity index (χ4n) is 2.63. The lowest BCUT2D eigenvalue weighted by atomic mass is 9.88. The molecule has 2 N–H and O–H groups in total. The largest absolute Gasteiger partial charge is 0.394 e. The summed E-state index contributed by atoms with van der Waals surface area (Å²) in [6, 6.07) is 12.2. The Morgan fingerprint density at radius 3 is 2.48 bits per heavy atom. The minimum atomic E-state index is -0.347. The van der Waals surface area contributed by atoms with Crippen molar-refractivity contribution in [3.8, 4) is 11.3 Å². The number of benzene rings is 1. The van der Waals surface area contributed by atoms with E-state index in [1.165, 1.54) is 6.07 Å². The lowest BCUT2D eigenvalue weighted by Crippen LogP contribution is -2.43. The molecule has 0 aliphatic rings. The molecule has 1 unspecified atom stereocenters. The van der Waals surface area contributed by atoms with Gasteiger partial charge in [-0.05, 0) is 17.9 Å². The van der Waals surface area contributed by atoms with Crippen LogP contribution in [0, 0.1) is 5.41 Å². The van der Waals surface area contributed by atoms with E-state index in [-0.39, 0.29) is 36.1 Å². The molecule has 0 saturated heterocycles. The Bertz CT molecular complexity index is 763. The van der Waals surface area contributed by atoms with Crippen molar-refractivity contribution in [1.29, 1.82) is 0 Å². The summed E-state index contributed by atoms with van der Waals surface area (Å²) >= 11 is 0. The van der Waals surface area contributed by atoms with E-state index in [1.807, 2.05) is 51.1 Å². The maximum Gasteiger partial charge on any atom is 0.267 e. The van der Waals surface area contributed by atoms with Crippen LogP contribution in [0.4, 0.5) is 0 Å². The molecular formula is C19H25N3O3. The molecule has 1 atom stereocenters. The average molecular weight is 343 g/mol. The van der Waals surface area contributed by atoms with Crippen molar-refractivity contribution in [2.75, 3.05) is 6.61 Å². The normalized spacial score (nSPS) is 12.6. The topological polar surface area (TPSA) is 84.2 Å². The predicted octanol–water partition coefficient (Wildman–Crippen LogP) is 1.82. The van der Waals surface area contributed by atoms with Crippen LogP contribution in [-0.4, -0.2) is 33.4 Å². The second-order valence-electron chi connectivity index (χ2n) is 7.29. The van der Waals surface area contributed by atoms with Crippen LogP contribution in [-0.2, 0) is 11.3 Å². The molecule has 0 saturated carbocycles. The van der Waals surface area contributed by atoms with Gasteiger partial charge in [0.25, 0.3) is 5.56 Å². The molecule has 6 heteroatoms. The Kier molecular flexibility index (Phi) is 6.09. The molecule has 2 rings (SSSR count). The summed E-state index contributed by atoms with van der Waals surface area (Å²) in [5.41, 5.74) is 1.13. The number of aliphatic hydroxyl groups excluding tert-OH is 1. The molecule has 1 heterocycles. The van der Waals surface area contributed by atoms with Gasteiger partial charge in [-0.3, -0.25) is 9.59 Å². The molecule has 2 aromatic rings. The van der Waals surface area contributed by atoms with E-state index in [2.05, 4.69) is 10.4 Å². The van der Waals surface area contributed by atoms with Gasteiger partial charge < -0.3 is 10.4 Å². The Labute approximate surface area is 147 Å². The number of rotatable bonds is 6. The average Bonchev–Trinajstić information content (AvgIpc) is 2.55. The first-order valence-corrected chi connectivity index (χ1v) is 8.32. The van der Waals surface area contributed by atoms with E-state index in [9.17, 15) is 14.7 Å². The Morgan fingerprint density at radius 2 is 1.88 bits per heavy atom. The van der Waals surface area contributed by atoms with Crippen molar-refractivity contribution in [2.45, 2.75) is 39.8 Å². The van der Waals surface area contributed by atoms with Crippen LogP contribution in [0.3, 0.4) is 0 Å². The zero-order valence-corrected chi connectivity index (χ0v) is 14.9. The Morgan fingerprint density at radius 1 is 1.20 bits per heavy atom. The molecule has 0 fully saturated rings.